The van der Waals surface area contributed by atoms with Gasteiger partial charge in [0.2, 0.25) is 5.62 Å². The molecule has 2 aromatic carbocycles. The van der Waals surface area contributed by atoms with Gasteiger partial charge in [0, 0.05) is 56.4 Å². The molecule has 1 N–H and O–H groups in total. The molecule has 0 radical (unpaired) electrons. The number of aryl methyl sites for hydroxylation is 2. The number of carbonyl (C=O) groups is 1. The van der Waals surface area contributed by atoms with Crippen LogP contribution in [0.1, 0.15) is 27.2 Å². The van der Waals surface area contributed by atoms with Crippen molar-refractivity contribution in [2.45, 2.75) is 19.3 Å². The van der Waals surface area contributed by atoms with Crippen LogP contribution in [0, 0.1) is 5.41 Å². The van der Waals surface area contributed by atoms with Gasteiger partial charge in [-0.05, 0) is 35.4 Å². The Bertz CT molecular complexity index is 1650. The molecule has 0 saturated heterocycles. The summed E-state index contributed by atoms with van der Waals surface area (Å²) in [5.74, 6) is 0.784. The minimum Gasteiger partial charge on any atom is -0.497 e. The van der Waals surface area contributed by atoms with E-state index in [1.54, 1.807) is 63.8 Å². The molecule has 41 heavy (non-hydrogen) atoms. The van der Waals surface area contributed by atoms with E-state index in [0.717, 1.165) is 10.2 Å². The van der Waals surface area contributed by atoms with Crippen LogP contribution in [-0.2, 0) is 33.4 Å². The third-order valence-electron chi connectivity index (χ3n) is 6.88. The third-order valence-corrected chi connectivity index (χ3v) is 6.88. The normalized spacial score (nSPS) is 13.5. The number of halogens is 3. The first-order valence-corrected chi connectivity index (χ1v) is 12.7. The molecule has 13 heteroatoms. The molecule has 0 fully saturated rings. The molecular formula is C28H29F3N6O4. The van der Waals surface area contributed by atoms with Gasteiger partial charge in [0.25, 0.3) is 5.91 Å². The lowest BCUT2D eigenvalue weighted by Gasteiger charge is -2.21. The Kier molecular flexibility index (Phi) is 7.28. The minimum absolute atomic E-state index is 0.0622. The van der Waals surface area contributed by atoms with Crippen LogP contribution in [0.2, 0.25) is 0 Å². The van der Waals surface area contributed by atoms with E-state index in [0.29, 0.717) is 17.1 Å². The molecule has 0 aliphatic carbocycles. The van der Waals surface area contributed by atoms with Gasteiger partial charge in [0.1, 0.15) is 23.9 Å². The number of amides is 1. The van der Waals surface area contributed by atoms with Gasteiger partial charge < -0.3 is 28.2 Å². The Balaban J connectivity index is 1.63. The van der Waals surface area contributed by atoms with E-state index in [2.05, 4.69) is 5.10 Å². The molecule has 1 aliphatic rings. The summed E-state index contributed by atoms with van der Waals surface area (Å²) in [4.78, 5) is 15.6. The van der Waals surface area contributed by atoms with E-state index in [9.17, 15) is 18.0 Å². The van der Waals surface area contributed by atoms with Gasteiger partial charge in [-0.2, -0.15) is 18.3 Å². The number of methoxy groups -OCH3 is 2. The summed E-state index contributed by atoms with van der Waals surface area (Å²) in [6, 6.07) is 8.49. The zero-order chi connectivity index (χ0) is 29.5. The van der Waals surface area contributed by atoms with Crippen LogP contribution < -0.4 is 19.8 Å². The largest absolute Gasteiger partial charge is 0.497 e. The molecular weight excluding hydrogens is 541 g/mol. The molecule has 216 valence electrons. The quantitative estimate of drug-likeness (QED) is 0.364. The van der Waals surface area contributed by atoms with Crippen LogP contribution in [0.3, 0.4) is 0 Å². The molecule has 0 spiro atoms. The molecule has 5 rings (SSSR count). The fourth-order valence-corrected chi connectivity index (χ4v) is 4.90. The third kappa shape index (κ3) is 5.52. The predicted octanol–water partition coefficient (Wildman–Crippen LogP) is 3.83. The minimum atomic E-state index is -4.73. The number of rotatable bonds is 7. The van der Waals surface area contributed by atoms with Crippen molar-refractivity contribution >= 4 is 5.91 Å². The number of aromatic nitrogens is 4. The lowest BCUT2D eigenvalue weighted by atomic mass is 9.97. The highest BCUT2D eigenvalue weighted by atomic mass is 19.4. The van der Waals surface area contributed by atoms with Crippen LogP contribution in [-0.4, -0.2) is 57.1 Å². The van der Waals surface area contributed by atoms with Gasteiger partial charge in [-0.1, -0.05) is 0 Å². The molecule has 1 aliphatic heterocycles. The second kappa shape index (κ2) is 10.7. The van der Waals surface area contributed by atoms with Crippen LogP contribution in [0.15, 0.2) is 48.9 Å². The highest BCUT2D eigenvalue weighted by molar-refractivity contribution is 6.00. The summed E-state index contributed by atoms with van der Waals surface area (Å²) in [5.41, 5.74) is 0.440. The fraction of sp³-hybridized carbons (Fsp3) is 0.321. The Hall–Kier alpha value is -4.68. The van der Waals surface area contributed by atoms with E-state index in [1.807, 2.05) is 0 Å². The predicted molar refractivity (Wildman–Crippen MR) is 142 cm³/mol. The van der Waals surface area contributed by atoms with Crippen molar-refractivity contribution < 1.29 is 32.2 Å². The SMILES string of the molecule is COc1cc(CN2CCOc3c(cc(Cn4ccn(C)c4=N)cc3-c3cn(C)nc3C(F)(F)F)C2=O)cc(OC)c1. The summed E-state index contributed by atoms with van der Waals surface area (Å²) >= 11 is 0. The first kappa shape index (κ1) is 27.9. The van der Waals surface area contributed by atoms with E-state index in [4.69, 9.17) is 19.6 Å². The zero-order valence-corrected chi connectivity index (χ0v) is 23.0. The lowest BCUT2D eigenvalue weighted by Crippen LogP contribution is -2.32. The average Bonchev–Trinajstić information content (AvgIpc) is 3.44. The Morgan fingerprint density at radius 3 is 2.22 bits per heavy atom. The molecule has 0 bridgehead atoms. The number of nitrogens with one attached hydrogen (secondary N) is 1. The summed E-state index contributed by atoms with van der Waals surface area (Å²) in [7, 11) is 6.19. The standard InChI is InChI=1S/C28H29F3N6O4/c1-34-5-6-37(27(34)32)15-18-11-21(23-16-35(2)33-25(23)28(29,30)31)24-22(12-18)26(38)36(7-8-41-24)14-17-9-19(39-3)13-20(10-17)40-4/h5-6,9-13,16,32H,7-8,14-15H2,1-4H3. The van der Waals surface area contributed by atoms with Crippen molar-refractivity contribution in [3.63, 3.8) is 0 Å². The highest BCUT2D eigenvalue weighted by Gasteiger charge is 2.39. The van der Waals surface area contributed by atoms with Crippen molar-refractivity contribution in [2.75, 3.05) is 27.4 Å². The number of ether oxygens (including phenoxy) is 3. The molecule has 0 unspecified atom stereocenters. The van der Waals surface area contributed by atoms with Crippen molar-refractivity contribution in [3.8, 4) is 28.4 Å². The number of nitrogens with zero attached hydrogens (tertiary/aromatic N) is 5. The number of imidazole rings is 1. The number of benzene rings is 2. The van der Waals surface area contributed by atoms with E-state index in [-0.39, 0.29) is 54.3 Å². The van der Waals surface area contributed by atoms with Crippen LogP contribution in [0.5, 0.6) is 17.2 Å². The fourth-order valence-electron chi connectivity index (χ4n) is 4.90. The molecule has 0 atom stereocenters. The average molecular weight is 571 g/mol. The van der Waals surface area contributed by atoms with Gasteiger partial charge in [-0.25, -0.2) is 0 Å². The summed E-state index contributed by atoms with van der Waals surface area (Å²) in [6.45, 7) is 0.616. The summed E-state index contributed by atoms with van der Waals surface area (Å²) < 4.78 is 63.1. The maximum absolute atomic E-state index is 14.0. The van der Waals surface area contributed by atoms with Gasteiger partial charge in [0.05, 0.1) is 32.9 Å². The van der Waals surface area contributed by atoms with Gasteiger partial charge in [-0.15, -0.1) is 0 Å². The summed E-state index contributed by atoms with van der Waals surface area (Å²) in [6.07, 6.45) is -0.0608. The van der Waals surface area contributed by atoms with E-state index >= 15 is 0 Å². The molecule has 0 saturated carbocycles. The number of hydrogen-bond donors (Lipinski definition) is 1. The molecule has 10 nitrogen and oxygen atoms in total. The highest BCUT2D eigenvalue weighted by Crippen LogP contribution is 2.42. The van der Waals surface area contributed by atoms with Crippen molar-refractivity contribution in [3.05, 3.63) is 76.9 Å². The first-order valence-electron chi connectivity index (χ1n) is 12.7. The maximum Gasteiger partial charge on any atom is 0.435 e. The van der Waals surface area contributed by atoms with Crippen molar-refractivity contribution in [2.24, 2.45) is 14.1 Å². The number of carbonyl (C=O) groups excluding carboxylic acids is 1. The van der Waals surface area contributed by atoms with Gasteiger partial charge >= 0.3 is 6.18 Å². The monoisotopic (exact) mass is 570 g/mol. The van der Waals surface area contributed by atoms with Crippen molar-refractivity contribution in [1.29, 1.82) is 5.41 Å². The van der Waals surface area contributed by atoms with Crippen LogP contribution in [0.4, 0.5) is 13.2 Å². The Labute approximate surface area is 233 Å². The molecule has 3 heterocycles. The number of fused-ring (bicyclic) bond motifs is 1. The van der Waals surface area contributed by atoms with Crippen LogP contribution in [0.25, 0.3) is 11.1 Å². The second-order valence-corrected chi connectivity index (χ2v) is 9.74. The lowest BCUT2D eigenvalue weighted by molar-refractivity contribution is -0.141. The molecule has 1 amide bonds. The Morgan fingerprint density at radius 2 is 1.61 bits per heavy atom. The van der Waals surface area contributed by atoms with E-state index < -0.39 is 17.8 Å². The zero-order valence-electron chi connectivity index (χ0n) is 23.0. The molecule has 2 aromatic heterocycles. The number of alkyl halides is 3. The van der Waals surface area contributed by atoms with E-state index in [1.165, 1.54) is 27.5 Å². The first-order chi connectivity index (χ1) is 19.5. The topological polar surface area (TPSA) is 99.5 Å². The van der Waals surface area contributed by atoms with Crippen LogP contribution >= 0.6 is 0 Å². The van der Waals surface area contributed by atoms with Gasteiger partial charge in [0.15, 0.2) is 5.69 Å². The molecule has 4 aromatic rings. The summed E-state index contributed by atoms with van der Waals surface area (Å²) in [5, 5.41) is 12.0. The second-order valence-electron chi connectivity index (χ2n) is 9.74. The Morgan fingerprint density at radius 1 is 0.951 bits per heavy atom. The van der Waals surface area contributed by atoms with Crippen molar-refractivity contribution in [1.82, 2.24) is 23.8 Å². The smallest absolute Gasteiger partial charge is 0.435 e. The van der Waals surface area contributed by atoms with Gasteiger partial charge in [-0.3, -0.25) is 14.9 Å². The maximum atomic E-state index is 14.0. The number of hydrogen-bond acceptors (Lipinski definition) is 6.